The first-order chi connectivity index (χ1) is 24.4. The van der Waals surface area contributed by atoms with E-state index in [1.807, 2.05) is 0 Å². The summed E-state index contributed by atoms with van der Waals surface area (Å²) < 4.78 is 0. The van der Waals surface area contributed by atoms with Gasteiger partial charge in [0, 0.05) is 6.42 Å². The maximum Gasteiger partial charge on any atom is 0.243 e. The number of nitrogens with two attached hydrogens (primary N) is 2. The van der Waals surface area contributed by atoms with Crippen LogP contribution >= 0.6 is 0 Å². The molecule has 0 bridgehead atoms. The van der Waals surface area contributed by atoms with Crippen molar-refractivity contribution in [1.82, 2.24) is 31.9 Å². The first-order valence-corrected chi connectivity index (χ1v) is 17.0. The Bertz CT molecular complexity index is 1550. The van der Waals surface area contributed by atoms with Crippen molar-refractivity contribution < 1.29 is 38.7 Å². The number of carbonyl (C=O) groups is 7. The predicted molar refractivity (Wildman–Crippen MR) is 193 cm³/mol. The zero-order valence-corrected chi connectivity index (χ0v) is 30.4. The lowest BCUT2D eigenvalue weighted by Crippen LogP contribution is -2.60. The molecule has 2 aromatic carbocycles. The monoisotopic (exact) mass is 724 g/mol. The van der Waals surface area contributed by atoms with Crippen LogP contribution in [0, 0.1) is 11.8 Å². The molecule has 284 valence electrons. The summed E-state index contributed by atoms with van der Waals surface area (Å²) in [6.07, 6.45) is 0.211. The fourth-order valence-electron chi connectivity index (χ4n) is 4.98. The van der Waals surface area contributed by atoms with Crippen LogP contribution in [0.3, 0.4) is 0 Å². The van der Waals surface area contributed by atoms with Crippen LogP contribution in [0.1, 0.15) is 52.7 Å². The lowest BCUT2D eigenvalue weighted by atomic mass is 9.99. The molecule has 16 heteroatoms. The summed E-state index contributed by atoms with van der Waals surface area (Å²) in [5.74, 6) is -5.40. The minimum atomic E-state index is -1.16. The lowest BCUT2D eigenvalue weighted by Gasteiger charge is -2.28. The molecule has 16 nitrogen and oxygen atoms in total. The van der Waals surface area contributed by atoms with Crippen LogP contribution in [0.5, 0.6) is 5.75 Å². The fourth-order valence-corrected chi connectivity index (χ4v) is 4.98. The summed E-state index contributed by atoms with van der Waals surface area (Å²) in [5.41, 5.74) is 12.6. The van der Waals surface area contributed by atoms with Gasteiger partial charge in [-0.3, -0.25) is 33.6 Å². The predicted octanol–water partition coefficient (Wildman–Crippen LogP) is -1.12. The quantitative estimate of drug-likeness (QED) is 0.0849. The molecule has 11 N–H and O–H groups in total. The maximum absolute atomic E-state index is 13.5. The number of phenols is 1. The largest absolute Gasteiger partial charge is 0.508 e. The average molecular weight is 725 g/mol. The molecule has 52 heavy (non-hydrogen) atoms. The zero-order chi connectivity index (χ0) is 39.1. The highest BCUT2D eigenvalue weighted by Crippen LogP contribution is 2.12. The van der Waals surface area contributed by atoms with Gasteiger partial charge >= 0.3 is 0 Å². The number of benzene rings is 2. The first-order valence-electron chi connectivity index (χ1n) is 17.0. The molecule has 2 rings (SSSR count). The van der Waals surface area contributed by atoms with Crippen LogP contribution < -0.4 is 43.4 Å². The highest BCUT2D eigenvalue weighted by atomic mass is 16.3. The third-order valence-electron chi connectivity index (χ3n) is 8.08. The van der Waals surface area contributed by atoms with Crippen molar-refractivity contribution in [2.75, 3.05) is 6.54 Å². The third kappa shape index (κ3) is 14.0. The summed E-state index contributed by atoms with van der Waals surface area (Å²) in [6, 6.07) is 8.54. The van der Waals surface area contributed by atoms with Crippen LogP contribution in [-0.2, 0) is 46.4 Å². The summed E-state index contributed by atoms with van der Waals surface area (Å²) in [4.78, 5) is 89.8. The van der Waals surface area contributed by atoms with Gasteiger partial charge in [0.2, 0.25) is 41.4 Å². The van der Waals surface area contributed by atoms with E-state index in [1.165, 1.54) is 26.0 Å². The molecule has 2 aromatic rings. The van der Waals surface area contributed by atoms with E-state index >= 15 is 0 Å². The molecule has 6 atom stereocenters. The highest BCUT2D eigenvalue weighted by Gasteiger charge is 2.33. The topological polar surface area (TPSA) is 264 Å². The number of carbonyl (C=O) groups excluding carboxylic acids is 7. The molecule has 0 radical (unpaired) electrons. The molecule has 0 aliphatic heterocycles. The first kappa shape index (κ1) is 42.7. The van der Waals surface area contributed by atoms with Gasteiger partial charge in [-0.05, 0) is 55.4 Å². The second-order valence-electron chi connectivity index (χ2n) is 13.3. The van der Waals surface area contributed by atoms with Crippen molar-refractivity contribution >= 4 is 41.4 Å². The molecule has 0 aliphatic carbocycles. The van der Waals surface area contributed by atoms with Gasteiger partial charge in [-0.1, -0.05) is 70.2 Å². The van der Waals surface area contributed by atoms with Crippen molar-refractivity contribution in [3.63, 3.8) is 0 Å². The smallest absolute Gasteiger partial charge is 0.243 e. The molecule has 0 saturated heterocycles. The summed E-state index contributed by atoms with van der Waals surface area (Å²) >= 11 is 0. The van der Waals surface area contributed by atoms with E-state index in [9.17, 15) is 38.7 Å². The fraction of sp³-hybridized carbons (Fsp3) is 0.472. The second-order valence-corrected chi connectivity index (χ2v) is 13.3. The van der Waals surface area contributed by atoms with E-state index in [-0.39, 0.29) is 24.5 Å². The van der Waals surface area contributed by atoms with E-state index in [0.717, 1.165) is 0 Å². The van der Waals surface area contributed by atoms with Gasteiger partial charge in [0.25, 0.3) is 0 Å². The number of rotatable bonds is 19. The maximum atomic E-state index is 13.5. The molecule has 0 aliphatic rings. The van der Waals surface area contributed by atoms with E-state index in [2.05, 4.69) is 31.9 Å². The Labute approximate surface area is 303 Å². The number of amides is 7. The van der Waals surface area contributed by atoms with Gasteiger partial charge in [0.05, 0.1) is 12.6 Å². The Hall–Kier alpha value is -5.51. The van der Waals surface area contributed by atoms with E-state index in [1.54, 1.807) is 70.2 Å². The third-order valence-corrected chi connectivity index (χ3v) is 8.08. The Morgan fingerprint density at radius 1 is 0.577 bits per heavy atom. The number of primary amides is 1. The minimum absolute atomic E-state index is 0.0548. The van der Waals surface area contributed by atoms with Gasteiger partial charge in [0.15, 0.2) is 0 Å². The van der Waals surface area contributed by atoms with Crippen LogP contribution in [0.2, 0.25) is 0 Å². The van der Waals surface area contributed by atoms with Crippen molar-refractivity contribution in [2.45, 2.75) is 90.6 Å². The number of nitrogens with one attached hydrogen (secondary N) is 6. The number of phenolic OH excluding ortho intramolecular Hbond substituents is 1. The molecule has 7 amide bonds. The number of aromatic hydroxyl groups is 1. The summed E-state index contributed by atoms with van der Waals surface area (Å²) in [6.45, 7) is 9.22. The Kier molecular flexibility index (Phi) is 16.7. The SMILES string of the molecule is CC(C)[C@H](NC(=O)[C@H](C)NC(=O)[C@H](Cc1ccccc1)NC(=O)[C@H](C)NC(=O)[C@@H](N)Cc1ccc(O)cc1)C(=O)N[C@H](C(=O)NCC(N)=O)C(C)C. The van der Waals surface area contributed by atoms with E-state index in [4.69, 9.17) is 11.5 Å². The van der Waals surface area contributed by atoms with Crippen molar-refractivity contribution in [2.24, 2.45) is 23.3 Å². The van der Waals surface area contributed by atoms with E-state index < -0.39 is 90.1 Å². The standard InChI is InChI=1S/C36H52N8O8/c1-19(2)29(35(51)39-18-28(38)46)44-36(52)30(20(3)4)43-32(48)22(6)41-34(50)27(17-23-10-8-7-9-11-23)42-31(47)21(5)40-33(49)26(37)16-24-12-14-25(45)15-13-24/h7-15,19-22,26-27,29-30,45H,16-18,37H2,1-6H3,(H2,38,46)(H,39,51)(H,40,49)(H,41,50)(H,42,47)(H,43,48)(H,44,52)/t21-,22-,26-,27-,29-,30-/m0/s1. The molecule has 0 saturated carbocycles. The van der Waals surface area contributed by atoms with Crippen LogP contribution in [-0.4, -0.2) is 89.3 Å². The normalized spacial score (nSPS) is 14.5. The molecule has 0 spiro atoms. The van der Waals surface area contributed by atoms with Crippen molar-refractivity contribution in [1.29, 1.82) is 0 Å². The van der Waals surface area contributed by atoms with Gasteiger partial charge in [-0.2, -0.15) is 0 Å². The average Bonchev–Trinajstić information content (AvgIpc) is 3.08. The minimum Gasteiger partial charge on any atom is -0.508 e. The van der Waals surface area contributed by atoms with Crippen molar-refractivity contribution in [3.05, 3.63) is 65.7 Å². The molecule has 0 heterocycles. The van der Waals surface area contributed by atoms with Crippen LogP contribution in [0.15, 0.2) is 54.6 Å². The molecule has 0 unspecified atom stereocenters. The van der Waals surface area contributed by atoms with Crippen LogP contribution in [0.25, 0.3) is 0 Å². The van der Waals surface area contributed by atoms with Crippen molar-refractivity contribution in [3.8, 4) is 5.75 Å². The zero-order valence-electron chi connectivity index (χ0n) is 30.4. The Morgan fingerprint density at radius 3 is 1.60 bits per heavy atom. The molecular formula is C36H52N8O8. The number of hydrogen-bond donors (Lipinski definition) is 9. The van der Waals surface area contributed by atoms with Gasteiger partial charge in [0.1, 0.15) is 36.0 Å². The number of hydrogen-bond acceptors (Lipinski definition) is 9. The second kappa shape index (κ2) is 20.4. The van der Waals surface area contributed by atoms with Gasteiger partial charge in [-0.25, -0.2) is 0 Å². The van der Waals surface area contributed by atoms with Crippen LogP contribution in [0.4, 0.5) is 0 Å². The Balaban J connectivity index is 2.10. The Morgan fingerprint density at radius 2 is 1.06 bits per heavy atom. The lowest BCUT2D eigenvalue weighted by molar-refractivity contribution is -0.135. The molecule has 0 aromatic heterocycles. The summed E-state index contributed by atoms with van der Waals surface area (Å²) in [5, 5.41) is 24.9. The van der Waals surface area contributed by atoms with Gasteiger partial charge in [-0.15, -0.1) is 0 Å². The molecule has 0 fully saturated rings. The summed E-state index contributed by atoms with van der Waals surface area (Å²) in [7, 11) is 0. The van der Waals surface area contributed by atoms with Gasteiger partial charge < -0.3 is 48.5 Å². The van der Waals surface area contributed by atoms with E-state index in [0.29, 0.717) is 11.1 Å². The highest BCUT2D eigenvalue weighted by molar-refractivity contribution is 5.97. The molecular weight excluding hydrogens is 672 g/mol.